The number of nitrogens with two attached hydrogens (primary N) is 1. The summed E-state index contributed by atoms with van der Waals surface area (Å²) < 4.78 is 0.512. The van der Waals surface area contributed by atoms with Gasteiger partial charge in [-0.2, -0.15) is 0 Å². The third-order valence-electron chi connectivity index (χ3n) is 4.16. The Morgan fingerprint density at radius 1 is 1.55 bits per heavy atom. The van der Waals surface area contributed by atoms with E-state index in [4.69, 9.17) is 18.0 Å². The maximum absolute atomic E-state index is 12.5. The lowest BCUT2D eigenvalue weighted by atomic mass is 9.70. The summed E-state index contributed by atoms with van der Waals surface area (Å²) in [6, 6.07) is 0. The molecule has 22 heavy (non-hydrogen) atoms. The molecule has 0 radical (unpaired) electrons. The highest BCUT2D eigenvalue weighted by Crippen LogP contribution is 2.36. The summed E-state index contributed by atoms with van der Waals surface area (Å²) in [6.07, 6.45) is 4.26. The number of rotatable bonds is 5. The van der Waals surface area contributed by atoms with Gasteiger partial charge >= 0.3 is 0 Å². The first-order chi connectivity index (χ1) is 10.4. The van der Waals surface area contributed by atoms with Crippen molar-refractivity contribution in [3.05, 3.63) is 3.95 Å². The number of carbonyl (C=O) groups is 2. The highest BCUT2D eigenvalue weighted by Gasteiger charge is 2.41. The van der Waals surface area contributed by atoms with Crippen LogP contribution in [-0.4, -0.2) is 34.6 Å². The van der Waals surface area contributed by atoms with Gasteiger partial charge in [0.1, 0.15) is 0 Å². The molecule has 0 bridgehead atoms. The predicted octanol–water partition coefficient (Wildman–Crippen LogP) is 1.55. The summed E-state index contributed by atoms with van der Waals surface area (Å²) in [6.45, 7) is 0. The third-order valence-corrected chi connectivity index (χ3v) is 5.16. The lowest BCUT2D eigenvalue weighted by Crippen LogP contribution is -2.54. The van der Waals surface area contributed by atoms with Crippen LogP contribution in [0.1, 0.15) is 38.5 Å². The molecule has 0 spiro atoms. The molecular formula is C13H21N5O2S2. The van der Waals surface area contributed by atoms with Crippen LogP contribution in [0.2, 0.25) is 0 Å². The molecule has 1 aromatic rings. The van der Waals surface area contributed by atoms with Crippen molar-refractivity contribution in [1.29, 1.82) is 0 Å². The average molecular weight is 343 g/mol. The Bertz CT molecular complexity index is 599. The molecule has 7 nitrogen and oxygen atoms in total. The van der Waals surface area contributed by atoms with Gasteiger partial charge < -0.3 is 16.4 Å². The number of hydrogen-bond donors (Lipinski definition) is 4. The molecule has 2 rings (SSSR count). The smallest absolute Gasteiger partial charge is 0.231 e. The summed E-state index contributed by atoms with van der Waals surface area (Å²) in [5.41, 5.74) is 5.83. The lowest BCUT2D eigenvalue weighted by Gasteiger charge is -2.40. The fourth-order valence-corrected chi connectivity index (χ4v) is 3.70. The fraction of sp³-hybridized carbons (Fsp3) is 0.692. The van der Waals surface area contributed by atoms with E-state index in [-0.39, 0.29) is 17.7 Å². The number of carbonyl (C=O) groups excluding carboxylic acids is 2. The molecular weight excluding hydrogens is 322 g/mol. The monoisotopic (exact) mass is 343 g/mol. The number of nitrogens with zero attached hydrogens (tertiary/aromatic N) is 1. The van der Waals surface area contributed by atoms with Gasteiger partial charge in [-0.15, -0.1) is 5.10 Å². The Labute approximate surface area is 138 Å². The lowest BCUT2D eigenvalue weighted by molar-refractivity contribution is -0.125. The minimum atomic E-state index is -0.646. The first kappa shape index (κ1) is 17.0. The molecule has 0 saturated heterocycles. The van der Waals surface area contributed by atoms with Gasteiger partial charge in [0, 0.05) is 19.0 Å². The predicted molar refractivity (Wildman–Crippen MR) is 88.1 cm³/mol. The fourth-order valence-electron chi connectivity index (χ4n) is 2.90. The summed E-state index contributed by atoms with van der Waals surface area (Å²) in [5.74, 6) is -0.514. The first-order valence-electron chi connectivity index (χ1n) is 7.30. The van der Waals surface area contributed by atoms with Crippen molar-refractivity contribution in [2.45, 2.75) is 44.1 Å². The maximum atomic E-state index is 12.5. The SMILES string of the molecule is CNC(=O)CC[C@@]1(N)CCCCC1C(=O)Nc1n[nH]c(=S)s1. The molecule has 0 aliphatic heterocycles. The van der Waals surface area contributed by atoms with E-state index >= 15 is 0 Å². The zero-order valence-electron chi connectivity index (χ0n) is 12.5. The van der Waals surface area contributed by atoms with Crippen molar-refractivity contribution in [3.63, 3.8) is 0 Å². The van der Waals surface area contributed by atoms with Gasteiger partial charge in [0.05, 0.1) is 5.92 Å². The summed E-state index contributed by atoms with van der Waals surface area (Å²) in [4.78, 5) is 24.0. The van der Waals surface area contributed by atoms with E-state index in [0.717, 1.165) is 25.7 Å². The van der Waals surface area contributed by atoms with Gasteiger partial charge in [-0.1, -0.05) is 24.2 Å². The Hall–Kier alpha value is -1.32. The van der Waals surface area contributed by atoms with Crippen LogP contribution in [0.5, 0.6) is 0 Å². The van der Waals surface area contributed by atoms with E-state index < -0.39 is 5.54 Å². The molecule has 0 aromatic carbocycles. The topological polar surface area (TPSA) is 113 Å². The van der Waals surface area contributed by atoms with Crippen molar-refractivity contribution >= 4 is 40.5 Å². The second-order valence-electron chi connectivity index (χ2n) is 5.61. The van der Waals surface area contributed by atoms with Crippen molar-refractivity contribution in [2.75, 3.05) is 12.4 Å². The molecule has 122 valence electrons. The number of anilines is 1. The average Bonchev–Trinajstić information content (AvgIpc) is 2.90. The Kier molecular flexibility index (Phi) is 5.65. The van der Waals surface area contributed by atoms with E-state index in [0.29, 0.717) is 21.9 Å². The number of amides is 2. The Morgan fingerprint density at radius 2 is 2.32 bits per heavy atom. The van der Waals surface area contributed by atoms with Crippen molar-refractivity contribution < 1.29 is 9.59 Å². The molecule has 1 unspecified atom stereocenters. The molecule has 1 aromatic heterocycles. The second-order valence-corrected chi connectivity index (χ2v) is 7.28. The minimum Gasteiger partial charge on any atom is -0.359 e. The molecule has 1 aliphatic carbocycles. The Morgan fingerprint density at radius 3 is 2.95 bits per heavy atom. The molecule has 9 heteroatoms. The van der Waals surface area contributed by atoms with Gasteiger partial charge in [0.15, 0.2) is 3.95 Å². The van der Waals surface area contributed by atoms with Gasteiger partial charge in [0.2, 0.25) is 16.9 Å². The van der Waals surface area contributed by atoms with Crippen LogP contribution in [0.15, 0.2) is 0 Å². The summed E-state index contributed by atoms with van der Waals surface area (Å²) in [5, 5.41) is 12.4. The Balaban J connectivity index is 2.05. The van der Waals surface area contributed by atoms with E-state index in [1.807, 2.05) is 0 Å². The van der Waals surface area contributed by atoms with Crippen LogP contribution in [0.4, 0.5) is 5.13 Å². The van der Waals surface area contributed by atoms with Crippen LogP contribution in [0.25, 0.3) is 0 Å². The normalized spacial score (nSPS) is 24.7. The van der Waals surface area contributed by atoms with Crippen molar-refractivity contribution in [2.24, 2.45) is 11.7 Å². The van der Waals surface area contributed by atoms with Crippen LogP contribution >= 0.6 is 23.6 Å². The molecule has 1 heterocycles. The van der Waals surface area contributed by atoms with Gasteiger partial charge in [-0.3, -0.25) is 14.7 Å². The van der Waals surface area contributed by atoms with Crippen LogP contribution in [0, 0.1) is 9.87 Å². The molecule has 1 fully saturated rings. The third kappa shape index (κ3) is 4.11. The molecule has 2 amide bonds. The number of nitrogens with one attached hydrogen (secondary N) is 3. The summed E-state index contributed by atoms with van der Waals surface area (Å²) >= 11 is 6.16. The zero-order chi connectivity index (χ0) is 16.2. The van der Waals surface area contributed by atoms with Crippen LogP contribution in [-0.2, 0) is 9.59 Å². The molecule has 5 N–H and O–H groups in total. The second kappa shape index (κ2) is 7.30. The van der Waals surface area contributed by atoms with Crippen molar-refractivity contribution in [1.82, 2.24) is 15.5 Å². The molecule has 1 saturated carbocycles. The largest absolute Gasteiger partial charge is 0.359 e. The van der Waals surface area contributed by atoms with E-state index in [1.54, 1.807) is 7.05 Å². The quantitative estimate of drug-likeness (QED) is 0.606. The molecule has 2 atom stereocenters. The summed E-state index contributed by atoms with van der Waals surface area (Å²) in [7, 11) is 1.60. The number of H-pyrrole nitrogens is 1. The van der Waals surface area contributed by atoms with Gasteiger partial charge in [0.25, 0.3) is 0 Å². The number of aromatic nitrogens is 2. The number of hydrogen-bond acceptors (Lipinski definition) is 6. The molecule has 1 aliphatic rings. The minimum absolute atomic E-state index is 0.0557. The van der Waals surface area contributed by atoms with E-state index in [9.17, 15) is 9.59 Å². The zero-order valence-corrected chi connectivity index (χ0v) is 14.1. The standard InChI is InChI=1S/C13H21N5O2S2/c1-15-9(19)5-7-13(14)6-3-2-4-8(13)10(20)16-11-17-18-12(21)22-11/h8H,2-7,14H2,1H3,(H,15,19)(H,18,21)(H,16,17,20)/t8?,13-/m0/s1. The maximum Gasteiger partial charge on any atom is 0.231 e. The van der Waals surface area contributed by atoms with E-state index in [1.165, 1.54) is 11.3 Å². The van der Waals surface area contributed by atoms with Gasteiger partial charge in [-0.25, -0.2) is 0 Å². The van der Waals surface area contributed by atoms with Crippen LogP contribution in [0.3, 0.4) is 0 Å². The van der Waals surface area contributed by atoms with Crippen molar-refractivity contribution in [3.8, 4) is 0 Å². The van der Waals surface area contributed by atoms with Crippen LogP contribution < -0.4 is 16.4 Å². The first-order valence-corrected chi connectivity index (χ1v) is 8.53. The van der Waals surface area contributed by atoms with Gasteiger partial charge in [-0.05, 0) is 31.5 Å². The number of aromatic amines is 1. The highest BCUT2D eigenvalue weighted by molar-refractivity contribution is 7.73. The van der Waals surface area contributed by atoms with E-state index in [2.05, 4.69) is 20.8 Å². The highest BCUT2D eigenvalue weighted by atomic mass is 32.1.